The van der Waals surface area contributed by atoms with Crippen molar-refractivity contribution in [3.63, 3.8) is 0 Å². The first-order valence-electron chi connectivity index (χ1n) is 7.17. The highest BCUT2D eigenvalue weighted by Gasteiger charge is 2.16. The molecule has 2 unspecified atom stereocenters. The summed E-state index contributed by atoms with van der Waals surface area (Å²) in [6, 6.07) is 5.43. The highest BCUT2D eigenvalue weighted by Crippen LogP contribution is 2.14. The summed E-state index contributed by atoms with van der Waals surface area (Å²) in [5.74, 6) is -0.720. The van der Waals surface area contributed by atoms with Gasteiger partial charge < -0.3 is 10.4 Å². The Morgan fingerprint density at radius 2 is 2.00 bits per heavy atom. The molecule has 1 aromatic rings. The summed E-state index contributed by atoms with van der Waals surface area (Å²) in [4.78, 5) is 22.9. The molecule has 114 valence electrons. The van der Waals surface area contributed by atoms with E-state index < -0.39 is 5.97 Å². The maximum Gasteiger partial charge on any atom is 0.328 e. The average Bonchev–Trinajstić information content (AvgIpc) is 2.45. The number of amides is 1. The summed E-state index contributed by atoms with van der Waals surface area (Å²) >= 11 is 0. The van der Waals surface area contributed by atoms with Gasteiger partial charge in [-0.25, -0.2) is 4.79 Å². The van der Waals surface area contributed by atoms with Crippen molar-refractivity contribution in [2.45, 2.75) is 40.2 Å². The van der Waals surface area contributed by atoms with E-state index in [2.05, 4.69) is 19.2 Å². The number of carboxylic acids is 1. The SMILES string of the molecule is CCC(C)C(C)NC(=O)c1cc(C=CC(=O)O)ccc1C. The summed E-state index contributed by atoms with van der Waals surface area (Å²) in [7, 11) is 0. The zero-order chi connectivity index (χ0) is 16.0. The Balaban J connectivity index is 2.93. The van der Waals surface area contributed by atoms with Crippen molar-refractivity contribution in [1.29, 1.82) is 0 Å². The van der Waals surface area contributed by atoms with Gasteiger partial charge in [0.2, 0.25) is 0 Å². The van der Waals surface area contributed by atoms with Gasteiger partial charge in [0, 0.05) is 17.7 Å². The smallest absolute Gasteiger partial charge is 0.328 e. The third kappa shape index (κ3) is 5.06. The van der Waals surface area contributed by atoms with Gasteiger partial charge in [-0.2, -0.15) is 0 Å². The highest BCUT2D eigenvalue weighted by molar-refractivity contribution is 5.96. The Bertz CT molecular complexity index is 549. The minimum atomic E-state index is -1.01. The molecule has 0 aliphatic heterocycles. The minimum Gasteiger partial charge on any atom is -0.478 e. The molecule has 21 heavy (non-hydrogen) atoms. The van der Waals surface area contributed by atoms with Crippen LogP contribution in [-0.4, -0.2) is 23.0 Å². The number of nitrogens with one attached hydrogen (secondary N) is 1. The van der Waals surface area contributed by atoms with Crippen LogP contribution in [0.3, 0.4) is 0 Å². The number of benzene rings is 1. The van der Waals surface area contributed by atoms with Crippen LogP contribution in [-0.2, 0) is 4.79 Å². The van der Waals surface area contributed by atoms with Crippen molar-refractivity contribution in [2.75, 3.05) is 0 Å². The van der Waals surface area contributed by atoms with Crippen LogP contribution >= 0.6 is 0 Å². The number of carbonyl (C=O) groups is 2. The lowest BCUT2D eigenvalue weighted by Gasteiger charge is -2.20. The molecule has 2 N–H and O–H groups in total. The van der Waals surface area contributed by atoms with Crippen LogP contribution in [0.2, 0.25) is 0 Å². The average molecular weight is 289 g/mol. The van der Waals surface area contributed by atoms with Crippen molar-refractivity contribution >= 4 is 18.0 Å². The van der Waals surface area contributed by atoms with E-state index in [9.17, 15) is 9.59 Å². The van der Waals surface area contributed by atoms with Crippen molar-refractivity contribution in [2.24, 2.45) is 5.92 Å². The molecule has 0 aromatic heterocycles. The third-order valence-corrected chi connectivity index (χ3v) is 3.78. The number of aryl methyl sites for hydroxylation is 1. The van der Waals surface area contributed by atoms with E-state index in [-0.39, 0.29) is 11.9 Å². The van der Waals surface area contributed by atoms with Crippen LogP contribution in [0.4, 0.5) is 0 Å². The molecule has 4 heteroatoms. The van der Waals surface area contributed by atoms with Gasteiger partial charge in [0.15, 0.2) is 0 Å². The standard InChI is InChI=1S/C17H23NO3/c1-5-11(2)13(4)18-17(21)15-10-14(7-6-12(15)3)8-9-16(19)20/h6-11,13H,5H2,1-4H3,(H,18,21)(H,19,20). The van der Waals surface area contributed by atoms with E-state index in [1.165, 1.54) is 6.08 Å². The number of carbonyl (C=O) groups excluding carboxylic acids is 1. The van der Waals surface area contributed by atoms with Crippen molar-refractivity contribution in [3.05, 3.63) is 41.0 Å². The topological polar surface area (TPSA) is 66.4 Å². The molecule has 0 aliphatic carbocycles. The quantitative estimate of drug-likeness (QED) is 0.790. The van der Waals surface area contributed by atoms with Gasteiger partial charge in [0.05, 0.1) is 0 Å². The molecule has 0 fully saturated rings. The molecular formula is C17H23NO3. The molecule has 0 spiro atoms. The Hall–Kier alpha value is -2.10. The molecule has 0 saturated heterocycles. The second kappa shape index (κ2) is 7.62. The fourth-order valence-corrected chi connectivity index (χ4v) is 1.94. The van der Waals surface area contributed by atoms with Gasteiger partial charge in [-0.15, -0.1) is 0 Å². The van der Waals surface area contributed by atoms with Gasteiger partial charge in [-0.05, 0) is 43.0 Å². The van der Waals surface area contributed by atoms with Crippen LogP contribution in [0.15, 0.2) is 24.3 Å². The molecule has 0 bridgehead atoms. The number of hydrogen-bond donors (Lipinski definition) is 2. The second-order valence-corrected chi connectivity index (χ2v) is 5.39. The zero-order valence-electron chi connectivity index (χ0n) is 13.0. The maximum atomic E-state index is 12.3. The fraction of sp³-hybridized carbons (Fsp3) is 0.412. The number of rotatable bonds is 6. The van der Waals surface area contributed by atoms with Gasteiger partial charge in [-0.3, -0.25) is 4.79 Å². The molecule has 1 rings (SSSR count). The Morgan fingerprint density at radius 1 is 1.33 bits per heavy atom. The monoisotopic (exact) mass is 289 g/mol. The summed E-state index contributed by atoms with van der Waals surface area (Å²) in [6.45, 7) is 8.06. The molecule has 0 aliphatic rings. The van der Waals surface area contributed by atoms with E-state index >= 15 is 0 Å². The lowest BCUT2D eigenvalue weighted by molar-refractivity contribution is -0.131. The minimum absolute atomic E-state index is 0.0973. The first-order chi connectivity index (χ1) is 9.85. The van der Waals surface area contributed by atoms with Crippen LogP contribution < -0.4 is 5.32 Å². The largest absolute Gasteiger partial charge is 0.478 e. The Kier molecular flexibility index (Phi) is 6.15. The Morgan fingerprint density at radius 3 is 2.57 bits per heavy atom. The second-order valence-electron chi connectivity index (χ2n) is 5.39. The highest BCUT2D eigenvalue weighted by atomic mass is 16.4. The van der Waals surface area contributed by atoms with Crippen LogP contribution in [0, 0.1) is 12.8 Å². The van der Waals surface area contributed by atoms with Gasteiger partial charge in [0.1, 0.15) is 0 Å². The number of aliphatic carboxylic acids is 1. The predicted octanol–water partition coefficient (Wildman–Crippen LogP) is 3.26. The van der Waals surface area contributed by atoms with Crippen molar-refractivity contribution < 1.29 is 14.7 Å². The zero-order valence-corrected chi connectivity index (χ0v) is 13.0. The lowest BCUT2D eigenvalue weighted by atomic mass is 9.99. The van der Waals surface area contributed by atoms with Crippen LogP contribution in [0.5, 0.6) is 0 Å². The fourth-order valence-electron chi connectivity index (χ4n) is 1.94. The van der Waals surface area contributed by atoms with E-state index in [0.717, 1.165) is 18.1 Å². The Labute approximate surface area is 125 Å². The van der Waals surface area contributed by atoms with E-state index in [1.54, 1.807) is 12.1 Å². The van der Waals surface area contributed by atoms with Crippen LogP contribution in [0.25, 0.3) is 6.08 Å². The van der Waals surface area contributed by atoms with E-state index in [0.29, 0.717) is 17.0 Å². The lowest BCUT2D eigenvalue weighted by Crippen LogP contribution is -2.37. The molecule has 4 nitrogen and oxygen atoms in total. The third-order valence-electron chi connectivity index (χ3n) is 3.78. The molecule has 0 saturated carbocycles. The van der Waals surface area contributed by atoms with Gasteiger partial charge in [0.25, 0.3) is 5.91 Å². The molecule has 1 amide bonds. The first-order valence-corrected chi connectivity index (χ1v) is 7.17. The molecule has 0 radical (unpaired) electrons. The van der Waals surface area contributed by atoms with Crippen molar-refractivity contribution in [1.82, 2.24) is 5.32 Å². The number of hydrogen-bond acceptors (Lipinski definition) is 2. The molecule has 0 heterocycles. The first kappa shape index (κ1) is 17.0. The van der Waals surface area contributed by atoms with Crippen molar-refractivity contribution in [3.8, 4) is 0 Å². The maximum absolute atomic E-state index is 12.3. The normalized spacial score (nSPS) is 13.9. The van der Waals surface area contributed by atoms with E-state index in [4.69, 9.17) is 5.11 Å². The van der Waals surface area contributed by atoms with Gasteiger partial charge >= 0.3 is 5.97 Å². The summed E-state index contributed by atoms with van der Waals surface area (Å²) in [6.07, 6.45) is 3.55. The molecular weight excluding hydrogens is 266 g/mol. The van der Waals surface area contributed by atoms with E-state index in [1.807, 2.05) is 19.9 Å². The molecule has 1 aromatic carbocycles. The van der Waals surface area contributed by atoms with Gasteiger partial charge in [-0.1, -0.05) is 32.4 Å². The number of carboxylic acid groups (broad SMARTS) is 1. The predicted molar refractivity (Wildman–Crippen MR) is 84.2 cm³/mol. The summed E-state index contributed by atoms with van der Waals surface area (Å²) < 4.78 is 0. The summed E-state index contributed by atoms with van der Waals surface area (Å²) in [5.41, 5.74) is 2.15. The summed E-state index contributed by atoms with van der Waals surface area (Å²) in [5, 5.41) is 11.6. The van der Waals surface area contributed by atoms with Crippen LogP contribution in [0.1, 0.15) is 48.7 Å². The molecule has 2 atom stereocenters.